The quantitative estimate of drug-likeness (QED) is 0.741. The van der Waals surface area contributed by atoms with Gasteiger partial charge in [-0.05, 0) is 90.4 Å². The molecule has 0 heterocycles. The lowest BCUT2D eigenvalue weighted by Gasteiger charge is -2.63. The van der Waals surface area contributed by atoms with E-state index in [1.807, 2.05) is 0 Å². The molecule has 2 fully saturated rings. The predicted octanol–water partition coefficient (Wildman–Crippen LogP) is 5.79. The molecule has 0 aromatic heterocycles. The van der Waals surface area contributed by atoms with Crippen molar-refractivity contribution < 1.29 is 9.84 Å². The van der Waals surface area contributed by atoms with Crippen LogP contribution in [-0.2, 0) is 6.42 Å². The van der Waals surface area contributed by atoms with Crippen LogP contribution in [-0.4, -0.2) is 18.3 Å². The van der Waals surface area contributed by atoms with Gasteiger partial charge in [-0.2, -0.15) is 0 Å². The molecule has 0 amide bonds. The zero-order valence-corrected chi connectivity index (χ0v) is 17.9. The number of benzene rings is 1. The first-order valence-electron chi connectivity index (χ1n) is 10.3. The summed E-state index contributed by atoms with van der Waals surface area (Å²) in [6, 6.07) is 6.66. The SMILES string of the molecule is COc1cc(C)cc(CC2C(C)(C)CCC3C(C)(C)C(O)CCC23C)c1. The van der Waals surface area contributed by atoms with Crippen molar-refractivity contribution in [1.82, 2.24) is 0 Å². The molecule has 2 saturated carbocycles. The molecule has 4 unspecified atom stereocenters. The number of hydrogen-bond donors (Lipinski definition) is 1. The maximum absolute atomic E-state index is 10.7. The molecule has 0 saturated heterocycles. The maximum Gasteiger partial charge on any atom is 0.119 e. The smallest absolute Gasteiger partial charge is 0.119 e. The van der Waals surface area contributed by atoms with Gasteiger partial charge < -0.3 is 9.84 Å². The molecule has 0 bridgehead atoms. The fraction of sp³-hybridized carbons (Fsp3) is 0.750. The Morgan fingerprint density at radius 1 is 1.04 bits per heavy atom. The summed E-state index contributed by atoms with van der Waals surface area (Å²) < 4.78 is 5.52. The molecule has 0 spiro atoms. The van der Waals surface area contributed by atoms with Crippen LogP contribution in [0.2, 0.25) is 0 Å². The summed E-state index contributed by atoms with van der Waals surface area (Å²) in [5.74, 6) is 2.17. The molecule has 3 rings (SSSR count). The van der Waals surface area contributed by atoms with E-state index in [2.05, 4.69) is 59.7 Å². The number of hydrogen-bond acceptors (Lipinski definition) is 2. The van der Waals surface area contributed by atoms with Gasteiger partial charge in [-0.25, -0.2) is 0 Å². The van der Waals surface area contributed by atoms with Crippen molar-refractivity contribution >= 4 is 0 Å². The Morgan fingerprint density at radius 2 is 1.73 bits per heavy atom. The Kier molecular flexibility index (Phi) is 4.97. The van der Waals surface area contributed by atoms with Gasteiger partial charge in [0.05, 0.1) is 13.2 Å². The normalized spacial score (nSPS) is 35.6. The van der Waals surface area contributed by atoms with Crippen LogP contribution >= 0.6 is 0 Å². The van der Waals surface area contributed by atoms with E-state index in [-0.39, 0.29) is 16.9 Å². The van der Waals surface area contributed by atoms with E-state index in [4.69, 9.17) is 4.74 Å². The summed E-state index contributed by atoms with van der Waals surface area (Å²) in [4.78, 5) is 0. The van der Waals surface area contributed by atoms with Crippen molar-refractivity contribution in [2.24, 2.45) is 28.1 Å². The Morgan fingerprint density at radius 3 is 2.38 bits per heavy atom. The monoisotopic (exact) mass is 358 g/mol. The van der Waals surface area contributed by atoms with Gasteiger partial charge in [0.15, 0.2) is 0 Å². The molecule has 4 atom stereocenters. The zero-order valence-electron chi connectivity index (χ0n) is 17.9. The summed E-state index contributed by atoms with van der Waals surface area (Å²) >= 11 is 0. The van der Waals surface area contributed by atoms with Crippen LogP contribution in [0.25, 0.3) is 0 Å². The van der Waals surface area contributed by atoms with E-state index in [1.165, 1.54) is 24.0 Å². The van der Waals surface area contributed by atoms with E-state index in [0.29, 0.717) is 17.3 Å². The van der Waals surface area contributed by atoms with Gasteiger partial charge in [0.2, 0.25) is 0 Å². The second-order valence-corrected chi connectivity index (χ2v) is 10.6. The van der Waals surface area contributed by atoms with Gasteiger partial charge in [-0.3, -0.25) is 0 Å². The molecule has 2 aliphatic carbocycles. The fourth-order valence-electron chi connectivity index (χ4n) is 6.58. The molecule has 1 N–H and O–H groups in total. The van der Waals surface area contributed by atoms with Crippen LogP contribution in [0.1, 0.15) is 71.4 Å². The van der Waals surface area contributed by atoms with Crippen molar-refractivity contribution in [2.45, 2.75) is 79.8 Å². The van der Waals surface area contributed by atoms with Crippen molar-refractivity contribution in [1.29, 1.82) is 0 Å². The highest BCUT2D eigenvalue weighted by Gasteiger charge is 2.58. The van der Waals surface area contributed by atoms with Gasteiger partial charge in [0, 0.05) is 0 Å². The van der Waals surface area contributed by atoms with E-state index < -0.39 is 0 Å². The highest BCUT2D eigenvalue weighted by molar-refractivity contribution is 5.34. The van der Waals surface area contributed by atoms with Gasteiger partial charge in [0.25, 0.3) is 0 Å². The van der Waals surface area contributed by atoms with E-state index >= 15 is 0 Å². The minimum Gasteiger partial charge on any atom is -0.497 e. The summed E-state index contributed by atoms with van der Waals surface area (Å²) in [6.07, 6.45) is 5.49. The first-order valence-corrected chi connectivity index (χ1v) is 10.3. The van der Waals surface area contributed by atoms with Crippen LogP contribution in [0, 0.1) is 35.0 Å². The van der Waals surface area contributed by atoms with Crippen LogP contribution in [0.15, 0.2) is 18.2 Å². The third-order valence-electron chi connectivity index (χ3n) is 8.11. The number of aliphatic hydroxyl groups excluding tert-OH is 1. The molecule has 2 heteroatoms. The average Bonchev–Trinajstić information content (AvgIpc) is 2.54. The Hall–Kier alpha value is -1.02. The van der Waals surface area contributed by atoms with E-state index in [1.54, 1.807) is 7.11 Å². The number of aryl methyl sites for hydroxylation is 1. The summed E-state index contributed by atoms with van der Waals surface area (Å²) in [5.41, 5.74) is 3.27. The topological polar surface area (TPSA) is 29.5 Å². The lowest BCUT2D eigenvalue weighted by atomic mass is 9.42. The number of rotatable bonds is 3. The average molecular weight is 359 g/mol. The molecule has 2 nitrogen and oxygen atoms in total. The Balaban J connectivity index is 1.99. The lowest BCUT2D eigenvalue weighted by molar-refractivity contribution is -0.166. The van der Waals surface area contributed by atoms with Crippen LogP contribution in [0.3, 0.4) is 0 Å². The van der Waals surface area contributed by atoms with Crippen LogP contribution < -0.4 is 4.74 Å². The minimum absolute atomic E-state index is 0.00600. The maximum atomic E-state index is 10.7. The van der Waals surface area contributed by atoms with Crippen molar-refractivity contribution in [3.63, 3.8) is 0 Å². The first-order chi connectivity index (χ1) is 12.0. The highest BCUT2D eigenvalue weighted by Crippen LogP contribution is 2.64. The molecular formula is C24H38O2. The minimum atomic E-state index is -0.165. The number of aliphatic hydroxyl groups is 1. The third-order valence-corrected chi connectivity index (χ3v) is 8.11. The molecule has 1 aromatic rings. The zero-order chi connectivity index (χ0) is 19.3. The van der Waals surface area contributed by atoms with Gasteiger partial charge in [-0.15, -0.1) is 0 Å². The standard InChI is InChI=1S/C24H38O2/c1-16-12-17(14-18(13-16)26-7)15-20-22(2,3)10-8-19-23(4,5)21(25)9-11-24(19,20)6/h12-14,19-21,25H,8-11,15H2,1-7H3. The van der Waals surface area contributed by atoms with Gasteiger partial charge >= 0.3 is 0 Å². The molecule has 26 heavy (non-hydrogen) atoms. The second-order valence-electron chi connectivity index (χ2n) is 10.6. The third kappa shape index (κ3) is 3.19. The van der Waals surface area contributed by atoms with Crippen molar-refractivity contribution in [2.75, 3.05) is 7.11 Å². The molecule has 146 valence electrons. The van der Waals surface area contributed by atoms with Gasteiger partial charge in [0.1, 0.15) is 5.75 Å². The van der Waals surface area contributed by atoms with Crippen LogP contribution in [0.5, 0.6) is 5.75 Å². The number of fused-ring (bicyclic) bond motifs is 1. The molecule has 2 aliphatic rings. The fourth-order valence-corrected chi connectivity index (χ4v) is 6.58. The molecule has 0 aliphatic heterocycles. The Labute approximate surface area is 160 Å². The Bertz CT molecular complexity index is 660. The summed E-state index contributed by atoms with van der Waals surface area (Å²) in [5, 5.41) is 10.7. The largest absolute Gasteiger partial charge is 0.497 e. The molecule has 1 aromatic carbocycles. The highest BCUT2D eigenvalue weighted by atomic mass is 16.5. The van der Waals surface area contributed by atoms with E-state index in [9.17, 15) is 5.11 Å². The second kappa shape index (κ2) is 6.55. The van der Waals surface area contributed by atoms with Gasteiger partial charge in [-0.1, -0.05) is 40.7 Å². The number of methoxy groups -OCH3 is 1. The van der Waals surface area contributed by atoms with Crippen LogP contribution in [0.4, 0.5) is 0 Å². The predicted molar refractivity (Wildman–Crippen MR) is 109 cm³/mol. The van der Waals surface area contributed by atoms with Crippen molar-refractivity contribution in [3.05, 3.63) is 29.3 Å². The van der Waals surface area contributed by atoms with Crippen molar-refractivity contribution in [3.8, 4) is 5.75 Å². The molecular weight excluding hydrogens is 320 g/mol. The molecule has 0 radical (unpaired) electrons. The summed E-state index contributed by atoms with van der Waals surface area (Å²) in [6.45, 7) is 14.2. The lowest BCUT2D eigenvalue weighted by Crippen LogP contribution is -2.58. The first kappa shape index (κ1) is 19.7. The summed E-state index contributed by atoms with van der Waals surface area (Å²) in [7, 11) is 1.76. The van der Waals surface area contributed by atoms with E-state index in [0.717, 1.165) is 25.0 Å². The number of ether oxygens (including phenoxy) is 1.